The number of anilines is 1. The van der Waals surface area contributed by atoms with E-state index in [2.05, 4.69) is 15.6 Å². The highest BCUT2D eigenvalue weighted by Crippen LogP contribution is 2.19. The first-order valence-electron chi connectivity index (χ1n) is 5.85. The lowest BCUT2D eigenvalue weighted by atomic mass is 10.2. The van der Waals surface area contributed by atoms with E-state index in [0.29, 0.717) is 11.6 Å². The SMILES string of the molecule is Cc1cc(Cl)ccc1NC(=O)NCc1ccncc1. The number of hydrogen-bond donors (Lipinski definition) is 2. The lowest BCUT2D eigenvalue weighted by molar-refractivity contribution is 0.251. The molecule has 98 valence electrons. The van der Waals surface area contributed by atoms with E-state index in [9.17, 15) is 4.79 Å². The van der Waals surface area contributed by atoms with E-state index >= 15 is 0 Å². The van der Waals surface area contributed by atoms with Crippen LogP contribution in [-0.4, -0.2) is 11.0 Å². The second-order valence-electron chi connectivity index (χ2n) is 4.12. The molecule has 1 aromatic carbocycles. The first-order chi connectivity index (χ1) is 9.15. The van der Waals surface area contributed by atoms with Gasteiger partial charge in [-0.25, -0.2) is 4.79 Å². The van der Waals surface area contributed by atoms with Crippen molar-refractivity contribution in [3.63, 3.8) is 0 Å². The first kappa shape index (κ1) is 13.4. The van der Waals surface area contributed by atoms with Gasteiger partial charge in [0.05, 0.1) is 0 Å². The zero-order chi connectivity index (χ0) is 13.7. The van der Waals surface area contributed by atoms with Gasteiger partial charge in [-0.2, -0.15) is 0 Å². The summed E-state index contributed by atoms with van der Waals surface area (Å²) < 4.78 is 0. The zero-order valence-electron chi connectivity index (χ0n) is 10.5. The van der Waals surface area contributed by atoms with Crippen LogP contribution < -0.4 is 10.6 Å². The molecule has 0 bridgehead atoms. The molecule has 2 rings (SSSR count). The summed E-state index contributed by atoms with van der Waals surface area (Å²) in [7, 11) is 0. The third-order valence-electron chi connectivity index (χ3n) is 2.64. The number of rotatable bonds is 3. The van der Waals surface area contributed by atoms with Crippen LogP contribution in [-0.2, 0) is 6.54 Å². The largest absolute Gasteiger partial charge is 0.334 e. The number of nitrogens with one attached hydrogen (secondary N) is 2. The van der Waals surface area contributed by atoms with Crippen LogP contribution in [0.25, 0.3) is 0 Å². The van der Waals surface area contributed by atoms with Crippen molar-refractivity contribution >= 4 is 23.3 Å². The number of halogens is 1. The molecular formula is C14H14ClN3O. The molecule has 4 nitrogen and oxygen atoms in total. The van der Waals surface area contributed by atoms with Crippen LogP contribution in [0.15, 0.2) is 42.7 Å². The summed E-state index contributed by atoms with van der Waals surface area (Å²) in [5.41, 5.74) is 2.67. The van der Waals surface area contributed by atoms with E-state index in [4.69, 9.17) is 11.6 Å². The average molecular weight is 276 g/mol. The van der Waals surface area contributed by atoms with Crippen LogP contribution >= 0.6 is 11.6 Å². The summed E-state index contributed by atoms with van der Waals surface area (Å²) in [5.74, 6) is 0. The number of aromatic nitrogens is 1. The summed E-state index contributed by atoms with van der Waals surface area (Å²) in [6.07, 6.45) is 3.39. The molecule has 0 saturated heterocycles. The second kappa shape index (κ2) is 6.20. The number of pyridine rings is 1. The molecule has 0 aliphatic carbocycles. The van der Waals surface area contributed by atoms with Crippen LogP contribution in [0.4, 0.5) is 10.5 Å². The predicted molar refractivity (Wildman–Crippen MR) is 76.3 cm³/mol. The van der Waals surface area contributed by atoms with Gasteiger partial charge in [0.25, 0.3) is 0 Å². The maximum Gasteiger partial charge on any atom is 0.319 e. The van der Waals surface area contributed by atoms with Gasteiger partial charge in [-0.05, 0) is 48.4 Å². The van der Waals surface area contributed by atoms with Gasteiger partial charge in [0, 0.05) is 29.6 Å². The fourth-order valence-corrected chi connectivity index (χ4v) is 1.84. The number of aryl methyl sites for hydroxylation is 1. The van der Waals surface area contributed by atoms with Gasteiger partial charge in [-0.3, -0.25) is 4.98 Å². The van der Waals surface area contributed by atoms with Crippen molar-refractivity contribution < 1.29 is 4.79 Å². The molecule has 2 aromatic rings. The molecule has 0 atom stereocenters. The van der Waals surface area contributed by atoms with Crippen LogP contribution in [0.2, 0.25) is 5.02 Å². The van der Waals surface area contributed by atoms with Crippen LogP contribution in [0.3, 0.4) is 0 Å². The van der Waals surface area contributed by atoms with Gasteiger partial charge in [-0.15, -0.1) is 0 Å². The summed E-state index contributed by atoms with van der Waals surface area (Å²) in [6.45, 7) is 2.35. The number of amides is 2. The third-order valence-corrected chi connectivity index (χ3v) is 2.87. The van der Waals surface area contributed by atoms with Gasteiger partial charge in [0.1, 0.15) is 0 Å². The number of nitrogens with zero attached hydrogens (tertiary/aromatic N) is 1. The van der Waals surface area contributed by atoms with Crippen molar-refractivity contribution in [2.75, 3.05) is 5.32 Å². The Hall–Kier alpha value is -2.07. The Morgan fingerprint density at radius 1 is 1.26 bits per heavy atom. The van der Waals surface area contributed by atoms with Crippen LogP contribution in [0.5, 0.6) is 0 Å². The van der Waals surface area contributed by atoms with Gasteiger partial charge < -0.3 is 10.6 Å². The fraction of sp³-hybridized carbons (Fsp3) is 0.143. The number of hydrogen-bond acceptors (Lipinski definition) is 2. The van der Waals surface area contributed by atoms with E-state index in [1.54, 1.807) is 30.6 Å². The van der Waals surface area contributed by atoms with E-state index in [0.717, 1.165) is 16.8 Å². The molecule has 1 aromatic heterocycles. The Bertz CT molecular complexity index is 572. The highest BCUT2D eigenvalue weighted by molar-refractivity contribution is 6.30. The molecule has 0 saturated carbocycles. The van der Waals surface area contributed by atoms with Gasteiger partial charge in [0.15, 0.2) is 0 Å². The molecule has 0 radical (unpaired) electrons. The number of benzene rings is 1. The van der Waals surface area contributed by atoms with Crippen molar-refractivity contribution in [2.24, 2.45) is 0 Å². The number of urea groups is 1. The summed E-state index contributed by atoms with van der Waals surface area (Å²) in [4.78, 5) is 15.7. The van der Waals surface area contributed by atoms with Crippen molar-refractivity contribution in [1.82, 2.24) is 10.3 Å². The van der Waals surface area contributed by atoms with Crippen molar-refractivity contribution in [3.8, 4) is 0 Å². The minimum absolute atomic E-state index is 0.248. The molecule has 0 unspecified atom stereocenters. The maximum atomic E-state index is 11.8. The quantitative estimate of drug-likeness (QED) is 0.902. The van der Waals surface area contributed by atoms with Crippen LogP contribution in [0, 0.1) is 6.92 Å². The fourth-order valence-electron chi connectivity index (χ4n) is 1.62. The molecule has 0 aliphatic heterocycles. The number of carbonyl (C=O) groups is 1. The Kier molecular flexibility index (Phi) is 4.36. The minimum Gasteiger partial charge on any atom is -0.334 e. The normalized spacial score (nSPS) is 10.0. The monoisotopic (exact) mass is 275 g/mol. The Balaban J connectivity index is 1.91. The highest BCUT2D eigenvalue weighted by atomic mass is 35.5. The molecular weight excluding hydrogens is 262 g/mol. The summed E-state index contributed by atoms with van der Waals surface area (Å²) in [5, 5.41) is 6.21. The van der Waals surface area contributed by atoms with E-state index < -0.39 is 0 Å². The van der Waals surface area contributed by atoms with Gasteiger partial charge >= 0.3 is 6.03 Å². The predicted octanol–water partition coefficient (Wildman–Crippen LogP) is 3.37. The molecule has 0 aliphatic rings. The molecule has 2 N–H and O–H groups in total. The first-order valence-corrected chi connectivity index (χ1v) is 6.23. The highest BCUT2D eigenvalue weighted by Gasteiger charge is 2.04. The molecule has 19 heavy (non-hydrogen) atoms. The van der Waals surface area contributed by atoms with Crippen molar-refractivity contribution in [1.29, 1.82) is 0 Å². The Morgan fingerprint density at radius 2 is 2.00 bits per heavy atom. The zero-order valence-corrected chi connectivity index (χ0v) is 11.2. The molecule has 0 fully saturated rings. The van der Waals surface area contributed by atoms with Gasteiger partial charge in [0.2, 0.25) is 0 Å². The summed E-state index contributed by atoms with van der Waals surface area (Å²) >= 11 is 5.86. The Morgan fingerprint density at radius 3 is 2.68 bits per heavy atom. The summed E-state index contributed by atoms with van der Waals surface area (Å²) in [6, 6.07) is 8.79. The average Bonchev–Trinajstić information content (AvgIpc) is 2.41. The van der Waals surface area contributed by atoms with Crippen molar-refractivity contribution in [3.05, 3.63) is 58.9 Å². The molecule has 5 heteroatoms. The molecule has 0 spiro atoms. The van der Waals surface area contributed by atoms with Crippen molar-refractivity contribution in [2.45, 2.75) is 13.5 Å². The standard InChI is InChI=1S/C14H14ClN3O/c1-10-8-12(15)2-3-13(10)18-14(19)17-9-11-4-6-16-7-5-11/h2-8H,9H2,1H3,(H2,17,18,19). The maximum absolute atomic E-state index is 11.8. The Labute approximate surface area is 116 Å². The van der Waals surface area contributed by atoms with E-state index in [1.807, 2.05) is 19.1 Å². The molecule has 2 amide bonds. The lowest BCUT2D eigenvalue weighted by Gasteiger charge is -2.10. The molecule has 1 heterocycles. The van der Waals surface area contributed by atoms with Crippen LogP contribution in [0.1, 0.15) is 11.1 Å². The lowest BCUT2D eigenvalue weighted by Crippen LogP contribution is -2.28. The second-order valence-corrected chi connectivity index (χ2v) is 4.56. The van der Waals surface area contributed by atoms with Gasteiger partial charge in [-0.1, -0.05) is 11.6 Å². The third kappa shape index (κ3) is 3.96. The topological polar surface area (TPSA) is 54.0 Å². The minimum atomic E-state index is -0.248. The van der Waals surface area contributed by atoms with E-state index in [1.165, 1.54) is 0 Å². The smallest absolute Gasteiger partial charge is 0.319 e. The van der Waals surface area contributed by atoms with E-state index in [-0.39, 0.29) is 6.03 Å². The number of carbonyl (C=O) groups excluding carboxylic acids is 1.